The van der Waals surface area contributed by atoms with E-state index in [1.54, 1.807) is 0 Å². The molecule has 0 spiro atoms. The summed E-state index contributed by atoms with van der Waals surface area (Å²) in [6.07, 6.45) is -2.79. The van der Waals surface area contributed by atoms with Crippen LogP contribution in [0.5, 0.6) is 0 Å². The van der Waals surface area contributed by atoms with Gasteiger partial charge in [-0.2, -0.15) is 0 Å². The Balaban J connectivity index is 2.30. The van der Waals surface area contributed by atoms with Crippen LogP contribution < -0.4 is 0 Å². The highest BCUT2D eigenvalue weighted by Gasteiger charge is 2.41. The van der Waals surface area contributed by atoms with Gasteiger partial charge in [-0.15, -0.1) is 0 Å². The maximum absolute atomic E-state index is 12.6. The number of carbonyl (C=O) groups is 1. The van der Waals surface area contributed by atoms with Crippen molar-refractivity contribution in [3.8, 4) is 0 Å². The van der Waals surface area contributed by atoms with Gasteiger partial charge in [0, 0.05) is 6.54 Å². The Hall–Kier alpha value is -1.44. The fraction of sp³-hybridized carbons (Fsp3) is 0.643. The van der Waals surface area contributed by atoms with Crippen molar-refractivity contribution in [1.82, 2.24) is 4.90 Å². The van der Waals surface area contributed by atoms with Crippen molar-refractivity contribution >= 4 is 15.7 Å². The number of nitrogens with zero attached hydrogens (tertiary/aromatic N) is 1. The number of amides is 1. The van der Waals surface area contributed by atoms with E-state index >= 15 is 0 Å². The highest BCUT2D eigenvalue weighted by atomic mass is 32.2. The van der Waals surface area contributed by atoms with Crippen molar-refractivity contribution in [2.24, 2.45) is 5.41 Å². The quantitative estimate of drug-likeness (QED) is 0.833. The lowest BCUT2D eigenvalue weighted by atomic mass is 9.86. The van der Waals surface area contributed by atoms with Crippen LogP contribution in [0.4, 0.5) is 8.78 Å². The SMILES string of the molecule is CC(C)(C)C1CS(=O)(=O)CCN1C(=O)c1ccc(C(F)F)o1. The van der Waals surface area contributed by atoms with E-state index in [0.29, 0.717) is 0 Å². The van der Waals surface area contributed by atoms with Gasteiger partial charge in [0.25, 0.3) is 12.3 Å². The third-order valence-electron chi connectivity index (χ3n) is 3.74. The molecular weight excluding hydrogens is 316 g/mol. The largest absolute Gasteiger partial charge is 0.450 e. The van der Waals surface area contributed by atoms with Crippen LogP contribution in [0.2, 0.25) is 0 Å². The Morgan fingerprint density at radius 3 is 2.50 bits per heavy atom. The smallest absolute Gasteiger partial charge is 0.295 e. The van der Waals surface area contributed by atoms with E-state index in [4.69, 9.17) is 4.42 Å². The zero-order valence-electron chi connectivity index (χ0n) is 12.7. The lowest BCUT2D eigenvalue weighted by Gasteiger charge is -2.42. The van der Waals surface area contributed by atoms with E-state index in [1.165, 1.54) is 11.0 Å². The van der Waals surface area contributed by atoms with Gasteiger partial charge in [0.1, 0.15) is 0 Å². The van der Waals surface area contributed by atoms with Crippen LogP contribution in [0.1, 0.15) is 43.5 Å². The zero-order chi connectivity index (χ0) is 16.7. The molecule has 0 radical (unpaired) electrons. The summed E-state index contributed by atoms with van der Waals surface area (Å²) in [7, 11) is -3.22. The molecular formula is C14H19F2NO4S. The Morgan fingerprint density at radius 2 is 2.00 bits per heavy atom. The zero-order valence-corrected chi connectivity index (χ0v) is 13.5. The molecule has 1 aromatic rings. The Kier molecular flexibility index (Phi) is 4.34. The van der Waals surface area contributed by atoms with E-state index in [9.17, 15) is 22.0 Å². The predicted octanol–water partition coefficient (Wildman–Crippen LogP) is 2.50. The fourth-order valence-corrected chi connectivity index (χ4v) is 4.30. The molecule has 8 heteroatoms. The van der Waals surface area contributed by atoms with Gasteiger partial charge in [-0.1, -0.05) is 20.8 Å². The Bertz CT molecular complexity index is 661. The van der Waals surface area contributed by atoms with Gasteiger partial charge in [0.15, 0.2) is 21.4 Å². The third-order valence-corrected chi connectivity index (χ3v) is 5.37. The average molecular weight is 335 g/mol. The van der Waals surface area contributed by atoms with Crippen LogP contribution in [0.3, 0.4) is 0 Å². The van der Waals surface area contributed by atoms with Crippen molar-refractivity contribution < 1.29 is 26.4 Å². The minimum Gasteiger partial charge on any atom is -0.450 e. The molecule has 5 nitrogen and oxygen atoms in total. The summed E-state index contributed by atoms with van der Waals surface area (Å²) in [5, 5.41) is 0. The minimum absolute atomic E-state index is 0.0355. The molecule has 1 unspecified atom stereocenters. The molecule has 1 aliphatic rings. The number of halogens is 2. The molecule has 2 rings (SSSR count). The van der Waals surface area contributed by atoms with Crippen molar-refractivity contribution in [3.63, 3.8) is 0 Å². The van der Waals surface area contributed by atoms with Crippen LogP contribution in [-0.2, 0) is 9.84 Å². The number of carbonyl (C=O) groups excluding carboxylic acids is 1. The summed E-state index contributed by atoms with van der Waals surface area (Å²) >= 11 is 0. The molecule has 0 saturated carbocycles. The summed E-state index contributed by atoms with van der Waals surface area (Å²) < 4.78 is 53.7. The third kappa shape index (κ3) is 3.48. The lowest BCUT2D eigenvalue weighted by Crippen LogP contribution is -2.56. The van der Waals surface area contributed by atoms with Gasteiger partial charge >= 0.3 is 0 Å². The van der Waals surface area contributed by atoms with E-state index in [1.807, 2.05) is 20.8 Å². The number of alkyl halides is 2. The molecule has 2 heterocycles. The van der Waals surface area contributed by atoms with Gasteiger partial charge in [-0.25, -0.2) is 17.2 Å². The average Bonchev–Trinajstić information content (AvgIpc) is 2.85. The Labute approximate surface area is 128 Å². The van der Waals surface area contributed by atoms with Gasteiger partial charge in [0.05, 0.1) is 17.5 Å². The highest BCUT2D eigenvalue weighted by Crippen LogP contribution is 2.30. The van der Waals surface area contributed by atoms with Crippen molar-refractivity contribution in [3.05, 3.63) is 23.7 Å². The molecule has 22 heavy (non-hydrogen) atoms. The fourth-order valence-electron chi connectivity index (χ4n) is 2.49. The summed E-state index contributed by atoms with van der Waals surface area (Å²) in [5.41, 5.74) is -0.457. The summed E-state index contributed by atoms with van der Waals surface area (Å²) in [4.78, 5) is 13.9. The summed E-state index contributed by atoms with van der Waals surface area (Å²) in [5.74, 6) is -1.58. The van der Waals surface area contributed by atoms with Crippen LogP contribution in [-0.4, -0.2) is 43.3 Å². The normalized spacial score (nSPS) is 22.1. The molecule has 1 saturated heterocycles. The van der Waals surface area contributed by atoms with Crippen LogP contribution in [0.15, 0.2) is 16.5 Å². The number of sulfone groups is 1. The van der Waals surface area contributed by atoms with Gasteiger partial charge in [-0.05, 0) is 17.5 Å². The van der Waals surface area contributed by atoms with Crippen molar-refractivity contribution in [1.29, 1.82) is 0 Å². The number of hydrogen-bond acceptors (Lipinski definition) is 4. The maximum atomic E-state index is 12.6. The highest BCUT2D eigenvalue weighted by molar-refractivity contribution is 7.91. The van der Waals surface area contributed by atoms with Gasteiger partial charge < -0.3 is 9.32 Å². The minimum atomic E-state index is -3.22. The molecule has 1 aromatic heterocycles. The molecule has 1 amide bonds. The van der Waals surface area contributed by atoms with E-state index < -0.39 is 39.4 Å². The monoisotopic (exact) mass is 335 g/mol. The standard InChI is InChI=1S/C14H19F2NO4S/c1-14(2,3)11-8-22(19,20)7-6-17(11)13(18)10-5-4-9(21-10)12(15)16/h4-5,11-12H,6-8H2,1-3H3. The van der Waals surface area contributed by atoms with Crippen molar-refractivity contribution in [2.75, 3.05) is 18.1 Å². The second-order valence-corrected chi connectivity index (χ2v) is 8.73. The van der Waals surface area contributed by atoms with Crippen molar-refractivity contribution in [2.45, 2.75) is 33.2 Å². The van der Waals surface area contributed by atoms with E-state index in [0.717, 1.165) is 6.07 Å². The first-order valence-electron chi connectivity index (χ1n) is 6.90. The summed E-state index contributed by atoms with van der Waals surface area (Å²) in [6, 6.07) is 1.73. The number of rotatable bonds is 2. The van der Waals surface area contributed by atoms with Crippen LogP contribution in [0.25, 0.3) is 0 Å². The first-order chi connectivity index (χ1) is 10.0. The first kappa shape index (κ1) is 16.9. The van der Waals surface area contributed by atoms with Crippen LogP contribution >= 0.6 is 0 Å². The second kappa shape index (κ2) is 5.64. The van der Waals surface area contributed by atoms with Gasteiger partial charge in [0.2, 0.25) is 0 Å². The number of hydrogen-bond donors (Lipinski definition) is 0. The molecule has 0 N–H and O–H groups in total. The molecule has 1 atom stereocenters. The summed E-state index contributed by atoms with van der Waals surface area (Å²) in [6.45, 7) is 5.55. The molecule has 1 fully saturated rings. The predicted molar refractivity (Wildman–Crippen MR) is 76.6 cm³/mol. The van der Waals surface area contributed by atoms with Gasteiger partial charge in [-0.3, -0.25) is 4.79 Å². The molecule has 0 aliphatic carbocycles. The molecule has 0 bridgehead atoms. The van der Waals surface area contributed by atoms with Crippen LogP contribution in [0, 0.1) is 5.41 Å². The molecule has 124 valence electrons. The first-order valence-corrected chi connectivity index (χ1v) is 8.73. The number of furan rings is 1. The van der Waals surface area contributed by atoms with E-state index in [2.05, 4.69) is 0 Å². The Morgan fingerprint density at radius 1 is 1.36 bits per heavy atom. The van der Waals surface area contributed by atoms with E-state index in [-0.39, 0.29) is 23.8 Å². The maximum Gasteiger partial charge on any atom is 0.295 e. The second-order valence-electron chi connectivity index (χ2n) is 6.50. The molecule has 1 aliphatic heterocycles. The molecule has 0 aromatic carbocycles. The lowest BCUT2D eigenvalue weighted by molar-refractivity contribution is 0.0517. The topological polar surface area (TPSA) is 67.6 Å².